The van der Waals surface area contributed by atoms with E-state index in [0.717, 1.165) is 12.8 Å². The molecule has 2 bridgehead atoms. The van der Waals surface area contributed by atoms with E-state index in [1.807, 2.05) is 13.8 Å². The number of piperidine rings is 1. The van der Waals surface area contributed by atoms with Gasteiger partial charge in [0.1, 0.15) is 12.3 Å². The van der Waals surface area contributed by atoms with Crippen LogP contribution in [0.1, 0.15) is 48.9 Å². The molecule has 1 aromatic heterocycles. The second-order valence-electron chi connectivity index (χ2n) is 7.66. The predicted molar refractivity (Wildman–Crippen MR) is 93.4 cm³/mol. The van der Waals surface area contributed by atoms with Gasteiger partial charge in [-0.05, 0) is 12.8 Å². The van der Waals surface area contributed by atoms with E-state index in [0.29, 0.717) is 18.8 Å². The minimum atomic E-state index is -0.260. The highest BCUT2D eigenvalue weighted by Crippen LogP contribution is 2.30. The molecule has 26 heavy (non-hydrogen) atoms. The molecule has 4 heterocycles. The lowest BCUT2D eigenvalue weighted by Gasteiger charge is -2.35. The van der Waals surface area contributed by atoms with Crippen molar-refractivity contribution in [3.8, 4) is 0 Å². The predicted octanol–water partition coefficient (Wildman–Crippen LogP) is 0.949. The van der Waals surface area contributed by atoms with Gasteiger partial charge < -0.3 is 19.2 Å². The van der Waals surface area contributed by atoms with Gasteiger partial charge in [0.25, 0.3) is 5.91 Å². The van der Waals surface area contributed by atoms with Gasteiger partial charge in [0.2, 0.25) is 11.8 Å². The second-order valence-corrected chi connectivity index (χ2v) is 7.66. The van der Waals surface area contributed by atoms with E-state index in [9.17, 15) is 14.4 Å². The number of aromatic nitrogens is 1. The van der Waals surface area contributed by atoms with Gasteiger partial charge in [-0.15, -0.1) is 0 Å². The molecule has 0 saturated carbocycles. The molecule has 0 spiro atoms. The number of fused-ring (bicyclic) bond motifs is 4. The first kappa shape index (κ1) is 18.4. The average molecular weight is 362 g/mol. The Morgan fingerprint density at radius 2 is 2.04 bits per heavy atom. The number of hydrogen-bond donors (Lipinski definition) is 0. The fourth-order valence-electron chi connectivity index (χ4n) is 3.53. The van der Waals surface area contributed by atoms with Crippen LogP contribution in [0.2, 0.25) is 0 Å². The van der Waals surface area contributed by atoms with E-state index in [4.69, 9.17) is 4.52 Å². The molecule has 0 aliphatic carbocycles. The van der Waals surface area contributed by atoms with Crippen molar-refractivity contribution in [3.63, 3.8) is 0 Å². The van der Waals surface area contributed by atoms with E-state index in [1.165, 1.54) is 4.90 Å². The summed E-state index contributed by atoms with van der Waals surface area (Å²) >= 11 is 0. The molecule has 0 radical (unpaired) electrons. The van der Waals surface area contributed by atoms with Crippen molar-refractivity contribution in [3.05, 3.63) is 17.5 Å². The van der Waals surface area contributed by atoms with E-state index < -0.39 is 0 Å². The van der Waals surface area contributed by atoms with Crippen LogP contribution in [0.4, 0.5) is 0 Å². The Bertz CT molecular complexity index is 712. The fourth-order valence-corrected chi connectivity index (χ4v) is 3.53. The Hall–Kier alpha value is -2.38. The topological polar surface area (TPSA) is 87.0 Å². The summed E-state index contributed by atoms with van der Waals surface area (Å²) in [6.07, 6.45) is 1.55. The Labute approximate surface area is 153 Å². The second kappa shape index (κ2) is 7.09. The normalized spacial score (nSPS) is 22.7. The zero-order chi connectivity index (χ0) is 19.0. The summed E-state index contributed by atoms with van der Waals surface area (Å²) in [7, 11) is 3.35. The minimum absolute atomic E-state index is 0.0326. The molecule has 0 aromatic carbocycles. The highest BCUT2D eigenvalue weighted by atomic mass is 16.5. The summed E-state index contributed by atoms with van der Waals surface area (Å²) in [6, 6.07) is 1.54. The van der Waals surface area contributed by atoms with Gasteiger partial charge in [0, 0.05) is 45.2 Å². The maximum atomic E-state index is 12.8. The minimum Gasteiger partial charge on any atom is -0.360 e. The molecule has 0 N–H and O–H groups in total. The first-order chi connectivity index (χ1) is 12.3. The van der Waals surface area contributed by atoms with Gasteiger partial charge in [0.15, 0.2) is 5.69 Å². The number of hydrogen-bond acceptors (Lipinski definition) is 5. The molecule has 3 fully saturated rings. The lowest BCUT2D eigenvalue weighted by atomic mass is 9.94. The van der Waals surface area contributed by atoms with Gasteiger partial charge in [-0.3, -0.25) is 14.4 Å². The standard InChI is InChI=1S/C18H26N4O4/c1-11(2)15-7-14(19-26-15)18(25)21-8-12-5-6-13(9-21)22(17(12)24)10-16(23)20(3)4/h7,11-13H,5-6,8-10H2,1-4H3/t12-,13+/m0/s1. The number of carbonyl (C=O) groups excluding carboxylic acids is 3. The van der Waals surface area contributed by atoms with Crippen LogP contribution in [0.5, 0.6) is 0 Å². The quantitative estimate of drug-likeness (QED) is 0.796. The third-order valence-electron chi connectivity index (χ3n) is 5.20. The third kappa shape index (κ3) is 3.45. The molecule has 2 atom stereocenters. The zero-order valence-corrected chi connectivity index (χ0v) is 15.8. The van der Waals surface area contributed by atoms with Crippen LogP contribution in [0.25, 0.3) is 0 Å². The van der Waals surface area contributed by atoms with Crippen molar-refractivity contribution in [2.45, 2.75) is 38.6 Å². The zero-order valence-electron chi connectivity index (χ0n) is 15.8. The fraction of sp³-hybridized carbons (Fsp3) is 0.667. The summed E-state index contributed by atoms with van der Waals surface area (Å²) in [5, 5.41) is 3.90. The van der Waals surface area contributed by atoms with Gasteiger partial charge >= 0.3 is 0 Å². The molecule has 3 aliphatic rings. The molecular weight excluding hydrogens is 336 g/mol. The summed E-state index contributed by atoms with van der Waals surface area (Å²) < 4.78 is 5.23. The monoisotopic (exact) mass is 362 g/mol. The Kier molecular flexibility index (Phi) is 5.02. The number of carbonyl (C=O) groups is 3. The van der Waals surface area contributed by atoms with Crippen LogP contribution in [-0.2, 0) is 9.59 Å². The number of nitrogens with zero attached hydrogens (tertiary/aromatic N) is 4. The highest BCUT2D eigenvalue weighted by Gasteiger charge is 2.43. The van der Waals surface area contributed by atoms with Crippen molar-refractivity contribution in [1.82, 2.24) is 19.9 Å². The van der Waals surface area contributed by atoms with E-state index in [2.05, 4.69) is 5.16 Å². The Morgan fingerprint density at radius 3 is 2.65 bits per heavy atom. The van der Waals surface area contributed by atoms with Crippen LogP contribution in [0, 0.1) is 5.92 Å². The van der Waals surface area contributed by atoms with Crippen LogP contribution >= 0.6 is 0 Å². The SMILES string of the molecule is CC(C)c1cc(C(=O)N2C[C@@H]3CC[C@H](C2)N(CC(=O)N(C)C)C3=O)no1. The van der Waals surface area contributed by atoms with Crippen molar-refractivity contribution < 1.29 is 18.9 Å². The maximum Gasteiger partial charge on any atom is 0.276 e. The smallest absolute Gasteiger partial charge is 0.276 e. The Balaban J connectivity index is 1.77. The highest BCUT2D eigenvalue weighted by molar-refractivity contribution is 5.93. The third-order valence-corrected chi connectivity index (χ3v) is 5.20. The molecule has 142 valence electrons. The average Bonchev–Trinajstić information content (AvgIpc) is 2.94. The molecule has 8 heteroatoms. The number of likely N-dealkylation sites (N-methyl/N-ethyl adjacent to an activating group) is 1. The molecule has 3 aliphatic heterocycles. The first-order valence-electron chi connectivity index (χ1n) is 9.04. The van der Waals surface area contributed by atoms with Crippen molar-refractivity contribution in [1.29, 1.82) is 0 Å². The lowest BCUT2D eigenvalue weighted by molar-refractivity contribution is -0.145. The summed E-state index contributed by atoms with van der Waals surface area (Å²) in [6.45, 7) is 4.80. The summed E-state index contributed by atoms with van der Waals surface area (Å²) in [4.78, 5) is 42.5. The number of rotatable bonds is 4. The summed E-state index contributed by atoms with van der Waals surface area (Å²) in [5.41, 5.74) is 0.276. The summed E-state index contributed by atoms with van der Waals surface area (Å²) in [5.74, 6) is 0.200. The van der Waals surface area contributed by atoms with E-state index >= 15 is 0 Å². The van der Waals surface area contributed by atoms with Crippen LogP contribution in [-0.4, -0.2) is 77.3 Å². The first-order valence-corrected chi connectivity index (χ1v) is 9.04. The molecule has 8 nitrogen and oxygen atoms in total. The van der Waals surface area contributed by atoms with Crippen molar-refractivity contribution >= 4 is 17.7 Å². The van der Waals surface area contributed by atoms with E-state index in [-0.39, 0.29) is 47.8 Å². The molecule has 0 unspecified atom stereocenters. The van der Waals surface area contributed by atoms with Crippen LogP contribution < -0.4 is 0 Å². The Morgan fingerprint density at radius 1 is 1.31 bits per heavy atom. The van der Waals surface area contributed by atoms with Gasteiger partial charge in [-0.25, -0.2) is 0 Å². The molecule has 3 saturated heterocycles. The van der Waals surface area contributed by atoms with Crippen molar-refractivity contribution in [2.75, 3.05) is 33.7 Å². The molecule has 3 amide bonds. The van der Waals surface area contributed by atoms with Crippen LogP contribution in [0.3, 0.4) is 0 Å². The number of amides is 3. The largest absolute Gasteiger partial charge is 0.360 e. The maximum absolute atomic E-state index is 12.8. The molecule has 1 aromatic rings. The molecular formula is C18H26N4O4. The van der Waals surface area contributed by atoms with Crippen LogP contribution in [0.15, 0.2) is 10.6 Å². The van der Waals surface area contributed by atoms with Gasteiger partial charge in [-0.2, -0.15) is 0 Å². The lowest BCUT2D eigenvalue weighted by Crippen LogP contribution is -2.51. The van der Waals surface area contributed by atoms with E-state index in [1.54, 1.807) is 30.0 Å². The van der Waals surface area contributed by atoms with Crippen molar-refractivity contribution in [2.24, 2.45) is 5.92 Å². The van der Waals surface area contributed by atoms with Gasteiger partial charge in [0.05, 0.1) is 5.92 Å². The van der Waals surface area contributed by atoms with Gasteiger partial charge in [-0.1, -0.05) is 19.0 Å². The molecule has 4 rings (SSSR count).